The predicted octanol–water partition coefficient (Wildman–Crippen LogP) is 3.09. The van der Waals surface area contributed by atoms with Gasteiger partial charge in [0.05, 0.1) is 6.10 Å². The van der Waals surface area contributed by atoms with Gasteiger partial charge < -0.3 is 9.84 Å². The third kappa shape index (κ3) is 3.45. The van der Waals surface area contributed by atoms with Gasteiger partial charge in [-0.15, -0.1) is 0 Å². The summed E-state index contributed by atoms with van der Waals surface area (Å²) in [7, 11) is 0. The average Bonchev–Trinajstić information content (AvgIpc) is 2.39. The Labute approximate surface area is 114 Å². The summed E-state index contributed by atoms with van der Waals surface area (Å²) < 4.78 is 18.6. The highest BCUT2D eigenvalue weighted by Crippen LogP contribution is 2.31. The van der Waals surface area contributed by atoms with Crippen LogP contribution < -0.4 is 0 Å². The van der Waals surface area contributed by atoms with Gasteiger partial charge >= 0.3 is 0 Å². The molecule has 1 N–H and O–H groups in total. The molecule has 1 aliphatic heterocycles. The van der Waals surface area contributed by atoms with Gasteiger partial charge in [0.15, 0.2) is 0 Å². The van der Waals surface area contributed by atoms with E-state index in [-0.39, 0.29) is 11.8 Å². The zero-order valence-corrected chi connectivity index (χ0v) is 11.6. The fourth-order valence-electron chi connectivity index (χ4n) is 2.73. The van der Waals surface area contributed by atoms with Crippen molar-refractivity contribution in [2.45, 2.75) is 38.8 Å². The molecule has 2 rings (SSSR count). The fraction of sp³-hybridized carbons (Fsp3) is 0.600. The van der Waals surface area contributed by atoms with Crippen LogP contribution in [0.15, 0.2) is 18.2 Å². The van der Waals surface area contributed by atoms with Gasteiger partial charge in [-0.25, -0.2) is 4.39 Å². The smallest absolute Gasteiger partial charge is 0.126 e. The molecule has 0 aromatic heterocycles. The molecule has 1 aliphatic rings. The molecule has 0 radical (unpaired) electrons. The fourth-order valence-corrected chi connectivity index (χ4v) is 2.73. The van der Waals surface area contributed by atoms with E-state index in [9.17, 15) is 9.50 Å². The molecule has 0 amide bonds. The lowest BCUT2D eigenvalue weighted by atomic mass is 10.0. The molecule has 19 heavy (non-hydrogen) atoms. The Kier molecular flexibility index (Phi) is 4.77. The summed E-state index contributed by atoms with van der Waals surface area (Å²) in [6.07, 6.45) is 2.38. The number of halogens is 1. The molecule has 1 unspecified atom stereocenters. The molecule has 0 bridgehead atoms. The Morgan fingerprint density at radius 3 is 2.68 bits per heavy atom. The summed E-state index contributed by atoms with van der Waals surface area (Å²) in [5, 5.41) is 9.84. The third-order valence-electron chi connectivity index (χ3n) is 3.87. The normalized spacial score (nSPS) is 19.5. The van der Waals surface area contributed by atoms with Crippen molar-refractivity contribution >= 4 is 0 Å². The average molecular weight is 267 g/mol. The second-order valence-corrected chi connectivity index (χ2v) is 5.07. The van der Waals surface area contributed by atoms with Gasteiger partial charge in [0, 0.05) is 37.4 Å². The van der Waals surface area contributed by atoms with E-state index in [2.05, 4.69) is 4.90 Å². The summed E-state index contributed by atoms with van der Waals surface area (Å²) in [6.45, 7) is 6.73. The summed E-state index contributed by atoms with van der Waals surface area (Å²) in [4.78, 5) is 2.31. The molecule has 4 heteroatoms. The maximum atomic E-state index is 13.0. The van der Waals surface area contributed by atoms with E-state index in [1.165, 1.54) is 12.1 Å². The number of nitrogens with zero attached hydrogens (tertiary/aromatic N) is 1. The lowest BCUT2D eigenvalue weighted by Gasteiger charge is -2.36. The predicted molar refractivity (Wildman–Crippen MR) is 72.7 cm³/mol. The Morgan fingerprint density at radius 2 is 2.11 bits per heavy atom. The molecule has 1 saturated heterocycles. The number of hydrogen-bond acceptors (Lipinski definition) is 3. The first kappa shape index (κ1) is 14.3. The van der Waals surface area contributed by atoms with Crippen LogP contribution in [0.1, 0.15) is 38.3 Å². The van der Waals surface area contributed by atoms with Crippen LogP contribution in [0, 0.1) is 5.82 Å². The zero-order chi connectivity index (χ0) is 13.8. The summed E-state index contributed by atoms with van der Waals surface area (Å²) in [6, 6.07) is 4.35. The number of ether oxygens (including phenoxy) is 1. The first-order valence-electron chi connectivity index (χ1n) is 6.96. The SMILES string of the molecule is CCOC1CCN(C(C)c2ccc(F)cc2O)CC1. The van der Waals surface area contributed by atoms with Gasteiger partial charge in [0.25, 0.3) is 0 Å². The second kappa shape index (κ2) is 6.35. The van der Waals surface area contributed by atoms with Gasteiger partial charge in [-0.1, -0.05) is 6.07 Å². The molecule has 1 aromatic rings. The zero-order valence-electron chi connectivity index (χ0n) is 11.6. The summed E-state index contributed by atoms with van der Waals surface area (Å²) in [5.41, 5.74) is 0.788. The van der Waals surface area contributed by atoms with E-state index in [0.29, 0.717) is 6.10 Å². The minimum absolute atomic E-state index is 0.0411. The Hall–Kier alpha value is -1.13. The molecule has 1 aromatic carbocycles. The van der Waals surface area contributed by atoms with Gasteiger partial charge in [-0.2, -0.15) is 0 Å². The molecular weight excluding hydrogens is 245 g/mol. The second-order valence-electron chi connectivity index (χ2n) is 5.07. The van der Waals surface area contributed by atoms with E-state index in [1.54, 1.807) is 6.07 Å². The molecule has 3 nitrogen and oxygen atoms in total. The van der Waals surface area contributed by atoms with E-state index in [0.717, 1.165) is 38.1 Å². The van der Waals surface area contributed by atoms with Gasteiger partial charge in [-0.05, 0) is 32.8 Å². The van der Waals surface area contributed by atoms with Crippen molar-refractivity contribution in [2.75, 3.05) is 19.7 Å². The van der Waals surface area contributed by atoms with Crippen LogP contribution in [0.3, 0.4) is 0 Å². The highest BCUT2D eigenvalue weighted by atomic mass is 19.1. The minimum atomic E-state index is -0.400. The van der Waals surface area contributed by atoms with Crippen molar-refractivity contribution in [3.63, 3.8) is 0 Å². The van der Waals surface area contributed by atoms with Crippen LogP contribution in [0.2, 0.25) is 0 Å². The lowest BCUT2D eigenvalue weighted by Crippen LogP contribution is -2.38. The Bertz CT molecular complexity index is 417. The van der Waals surface area contributed by atoms with Crippen molar-refractivity contribution in [3.8, 4) is 5.75 Å². The molecule has 0 spiro atoms. The number of hydrogen-bond donors (Lipinski definition) is 1. The van der Waals surface area contributed by atoms with Crippen LogP contribution in [-0.4, -0.2) is 35.8 Å². The van der Waals surface area contributed by atoms with Crippen LogP contribution in [0.25, 0.3) is 0 Å². The first-order chi connectivity index (χ1) is 9.11. The number of rotatable bonds is 4. The molecule has 1 fully saturated rings. The number of benzene rings is 1. The highest BCUT2D eigenvalue weighted by molar-refractivity contribution is 5.35. The van der Waals surface area contributed by atoms with E-state index in [1.807, 2.05) is 13.8 Å². The minimum Gasteiger partial charge on any atom is -0.508 e. The van der Waals surface area contributed by atoms with E-state index >= 15 is 0 Å². The maximum Gasteiger partial charge on any atom is 0.126 e. The van der Waals surface area contributed by atoms with E-state index < -0.39 is 5.82 Å². The highest BCUT2D eigenvalue weighted by Gasteiger charge is 2.25. The van der Waals surface area contributed by atoms with Crippen LogP contribution >= 0.6 is 0 Å². The van der Waals surface area contributed by atoms with Crippen molar-refractivity contribution in [3.05, 3.63) is 29.6 Å². The number of aromatic hydroxyl groups is 1. The van der Waals surface area contributed by atoms with Crippen molar-refractivity contribution in [1.29, 1.82) is 0 Å². The van der Waals surface area contributed by atoms with Crippen LogP contribution in [0.5, 0.6) is 5.75 Å². The van der Waals surface area contributed by atoms with Crippen molar-refractivity contribution < 1.29 is 14.2 Å². The number of phenolic OH excluding ortho intramolecular Hbond substituents is 1. The largest absolute Gasteiger partial charge is 0.508 e. The monoisotopic (exact) mass is 267 g/mol. The molecule has 1 heterocycles. The maximum absolute atomic E-state index is 13.0. The van der Waals surface area contributed by atoms with Crippen molar-refractivity contribution in [2.24, 2.45) is 0 Å². The Balaban J connectivity index is 1.99. The van der Waals surface area contributed by atoms with Gasteiger partial charge in [0.1, 0.15) is 11.6 Å². The topological polar surface area (TPSA) is 32.7 Å². The summed E-state index contributed by atoms with van der Waals surface area (Å²) in [5.74, 6) is -0.358. The number of likely N-dealkylation sites (tertiary alicyclic amines) is 1. The number of piperidine rings is 1. The molecule has 0 saturated carbocycles. The number of phenols is 1. The lowest BCUT2D eigenvalue weighted by molar-refractivity contribution is 0.00536. The molecular formula is C15H22FNO2. The quantitative estimate of drug-likeness (QED) is 0.910. The van der Waals surface area contributed by atoms with Gasteiger partial charge in [0.2, 0.25) is 0 Å². The molecule has 106 valence electrons. The standard InChI is InChI=1S/C15H22FNO2/c1-3-19-13-6-8-17(9-7-13)11(2)14-5-4-12(16)10-15(14)18/h4-5,10-11,13,18H,3,6-9H2,1-2H3. The summed E-state index contributed by atoms with van der Waals surface area (Å²) >= 11 is 0. The van der Waals surface area contributed by atoms with Gasteiger partial charge in [-0.3, -0.25) is 4.90 Å². The van der Waals surface area contributed by atoms with E-state index in [4.69, 9.17) is 4.74 Å². The third-order valence-corrected chi connectivity index (χ3v) is 3.87. The van der Waals surface area contributed by atoms with Crippen molar-refractivity contribution in [1.82, 2.24) is 4.90 Å². The van der Waals surface area contributed by atoms with Crippen LogP contribution in [0.4, 0.5) is 4.39 Å². The molecule has 0 aliphatic carbocycles. The van der Waals surface area contributed by atoms with Crippen LogP contribution in [-0.2, 0) is 4.74 Å². The first-order valence-corrected chi connectivity index (χ1v) is 6.96. The Morgan fingerprint density at radius 1 is 1.42 bits per heavy atom. The molecule has 1 atom stereocenters.